The molecule has 0 bridgehead atoms. The molecule has 4 heteroatoms. The van der Waals surface area contributed by atoms with E-state index in [4.69, 9.17) is 0 Å². The number of rotatable bonds is 3. The van der Waals surface area contributed by atoms with Crippen molar-refractivity contribution in [2.45, 2.75) is 32.6 Å². The quantitative estimate of drug-likeness (QED) is 0.648. The van der Waals surface area contributed by atoms with Crippen LogP contribution in [0.3, 0.4) is 0 Å². The van der Waals surface area contributed by atoms with Gasteiger partial charge in [-0.15, -0.1) is 0 Å². The average Bonchev–Trinajstić information content (AvgIpc) is 2.53. The third kappa shape index (κ3) is 3.37. The van der Waals surface area contributed by atoms with Crippen molar-refractivity contribution in [3.8, 4) is 0 Å². The fourth-order valence-corrected chi connectivity index (χ4v) is 3.58. The van der Waals surface area contributed by atoms with Gasteiger partial charge in [0.2, 0.25) is 0 Å². The molecule has 2 aromatic rings. The Bertz CT molecular complexity index is 849. The van der Waals surface area contributed by atoms with Crippen LogP contribution < -0.4 is 5.56 Å². The van der Waals surface area contributed by atoms with E-state index in [0.29, 0.717) is 5.56 Å². The molecule has 23 heavy (non-hydrogen) atoms. The van der Waals surface area contributed by atoms with E-state index in [9.17, 15) is 9.59 Å². The summed E-state index contributed by atoms with van der Waals surface area (Å²) in [6.45, 7) is 1.91. The van der Waals surface area contributed by atoms with Gasteiger partial charge in [0.05, 0.1) is 5.56 Å². The number of nitrogens with one attached hydrogen (secondary N) is 1. The van der Waals surface area contributed by atoms with E-state index < -0.39 is 0 Å². The summed E-state index contributed by atoms with van der Waals surface area (Å²) in [7, 11) is 0. The highest BCUT2D eigenvalue weighted by molar-refractivity contribution is 9.10. The van der Waals surface area contributed by atoms with Gasteiger partial charge >= 0.3 is 0 Å². The molecule has 1 aliphatic rings. The van der Waals surface area contributed by atoms with Crippen molar-refractivity contribution < 1.29 is 4.79 Å². The van der Waals surface area contributed by atoms with Crippen LogP contribution >= 0.6 is 15.9 Å². The van der Waals surface area contributed by atoms with Crippen molar-refractivity contribution in [2.24, 2.45) is 0 Å². The number of hydrogen-bond donors (Lipinski definition) is 1. The number of H-pyrrole nitrogens is 1. The lowest BCUT2D eigenvalue weighted by atomic mass is 9.87. The van der Waals surface area contributed by atoms with Gasteiger partial charge in [-0.3, -0.25) is 9.59 Å². The molecule has 0 aliphatic heterocycles. The van der Waals surface area contributed by atoms with Crippen LogP contribution in [0.5, 0.6) is 0 Å². The van der Waals surface area contributed by atoms with E-state index in [1.807, 2.05) is 31.2 Å². The summed E-state index contributed by atoms with van der Waals surface area (Å²) in [5.41, 5.74) is 3.96. The van der Waals surface area contributed by atoms with Crippen molar-refractivity contribution in [3.05, 3.63) is 73.1 Å². The van der Waals surface area contributed by atoms with Crippen molar-refractivity contribution in [1.82, 2.24) is 4.98 Å². The van der Waals surface area contributed by atoms with Gasteiger partial charge in [-0.05, 0) is 67.5 Å². The van der Waals surface area contributed by atoms with Crippen molar-refractivity contribution in [3.63, 3.8) is 0 Å². The molecule has 1 heterocycles. The summed E-state index contributed by atoms with van der Waals surface area (Å²) >= 11 is 3.41. The van der Waals surface area contributed by atoms with Gasteiger partial charge in [0.15, 0.2) is 5.78 Å². The molecule has 0 amide bonds. The molecule has 3 nitrogen and oxygen atoms in total. The van der Waals surface area contributed by atoms with E-state index in [1.165, 1.54) is 6.08 Å². The van der Waals surface area contributed by atoms with Crippen LogP contribution in [0.15, 0.2) is 39.6 Å². The summed E-state index contributed by atoms with van der Waals surface area (Å²) in [4.78, 5) is 27.7. The summed E-state index contributed by atoms with van der Waals surface area (Å²) in [6, 6.07) is 7.69. The number of aromatic nitrogens is 1. The highest BCUT2D eigenvalue weighted by atomic mass is 79.9. The molecule has 118 valence electrons. The maximum absolute atomic E-state index is 12.6. The molecule has 0 radical (unpaired) electrons. The van der Waals surface area contributed by atoms with E-state index in [0.717, 1.165) is 52.5 Å². The molecule has 1 aromatic carbocycles. The number of benzene rings is 1. The van der Waals surface area contributed by atoms with Gasteiger partial charge in [-0.25, -0.2) is 0 Å². The number of aromatic amines is 1. The Hall–Kier alpha value is -1.94. The van der Waals surface area contributed by atoms with Gasteiger partial charge in [-0.1, -0.05) is 34.1 Å². The lowest BCUT2D eigenvalue weighted by Crippen LogP contribution is -2.24. The van der Waals surface area contributed by atoms with Crippen LogP contribution in [0.1, 0.15) is 45.6 Å². The molecule has 0 atom stereocenters. The van der Waals surface area contributed by atoms with Crippen LogP contribution in [-0.4, -0.2) is 10.8 Å². The number of halogens is 1. The van der Waals surface area contributed by atoms with Crippen molar-refractivity contribution >= 4 is 27.8 Å². The first-order valence-corrected chi connectivity index (χ1v) is 8.58. The zero-order valence-corrected chi connectivity index (χ0v) is 14.6. The second kappa shape index (κ2) is 6.67. The van der Waals surface area contributed by atoms with Crippen LogP contribution in [0.4, 0.5) is 0 Å². The van der Waals surface area contributed by atoms with Crippen LogP contribution in [-0.2, 0) is 12.8 Å². The fourth-order valence-electron chi connectivity index (χ4n) is 3.17. The molecule has 0 fully saturated rings. The molecule has 0 unspecified atom stereocenters. The number of carbonyl (C=O) groups is 1. The van der Waals surface area contributed by atoms with Crippen LogP contribution in [0, 0.1) is 6.92 Å². The third-order valence-corrected chi connectivity index (χ3v) is 4.77. The predicted molar refractivity (Wildman–Crippen MR) is 95.9 cm³/mol. The van der Waals surface area contributed by atoms with Crippen molar-refractivity contribution in [1.29, 1.82) is 0 Å². The van der Waals surface area contributed by atoms with E-state index in [1.54, 1.807) is 6.08 Å². The predicted octanol–water partition coefficient (Wildman–Crippen LogP) is 4.22. The molecule has 1 aliphatic carbocycles. The highest BCUT2D eigenvalue weighted by Crippen LogP contribution is 2.25. The van der Waals surface area contributed by atoms with Crippen LogP contribution in [0.2, 0.25) is 0 Å². The van der Waals surface area contributed by atoms with E-state index in [-0.39, 0.29) is 11.3 Å². The second-order valence-electron chi connectivity index (χ2n) is 5.87. The first-order chi connectivity index (χ1) is 11.1. The summed E-state index contributed by atoms with van der Waals surface area (Å²) in [6.07, 6.45) is 7.14. The van der Waals surface area contributed by atoms with Gasteiger partial charge in [-0.2, -0.15) is 0 Å². The first kappa shape index (κ1) is 15.9. The number of pyridine rings is 1. The topological polar surface area (TPSA) is 49.9 Å². The summed E-state index contributed by atoms with van der Waals surface area (Å²) in [5.74, 6) is -0.218. The first-order valence-electron chi connectivity index (χ1n) is 7.79. The minimum atomic E-state index is -0.271. The van der Waals surface area contributed by atoms with Gasteiger partial charge in [0.1, 0.15) is 0 Å². The van der Waals surface area contributed by atoms with E-state index in [2.05, 4.69) is 20.9 Å². The third-order valence-electron chi connectivity index (χ3n) is 4.27. The molecule has 0 spiro atoms. The molecular formula is C19H18BrNO2. The second-order valence-corrected chi connectivity index (χ2v) is 6.79. The molecule has 3 rings (SSSR count). The van der Waals surface area contributed by atoms with E-state index >= 15 is 0 Å². The minimum Gasteiger partial charge on any atom is -0.326 e. The maximum atomic E-state index is 12.6. The van der Waals surface area contributed by atoms with Crippen molar-refractivity contribution in [2.75, 3.05) is 0 Å². The normalized spacial score (nSPS) is 14.0. The van der Waals surface area contributed by atoms with Gasteiger partial charge in [0.25, 0.3) is 5.56 Å². The monoisotopic (exact) mass is 371 g/mol. The Morgan fingerprint density at radius 3 is 2.70 bits per heavy atom. The molecular weight excluding hydrogens is 354 g/mol. The highest BCUT2D eigenvalue weighted by Gasteiger charge is 2.21. The molecule has 0 saturated carbocycles. The molecule has 1 N–H and O–H groups in total. The smallest absolute Gasteiger partial charge is 0.259 e. The Morgan fingerprint density at radius 2 is 1.96 bits per heavy atom. The number of allylic oxidation sites excluding steroid dienone is 1. The zero-order valence-electron chi connectivity index (χ0n) is 13.0. The Morgan fingerprint density at radius 1 is 1.22 bits per heavy atom. The minimum absolute atomic E-state index is 0.218. The fraction of sp³-hybridized carbons (Fsp3) is 0.263. The Kier molecular flexibility index (Phi) is 4.62. The largest absolute Gasteiger partial charge is 0.326 e. The number of fused-ring (bicyclic) bond motifs is 1. The molecule has 0 saturated heterocycles. The summed E-state index contributed by atoms with van der Waals surface area (Å²) in [5, 5.41) is 0. The number of hydrogen-bond acceptors (Lipinski definition) is 2. The molecule has 1 aromatic heterocycles. The SMILES string of the molecule is Cc1[nH]c(=O)c(C(=O)C=Cc2cccc(Br)c2)c2c1CCCC2. The lowest BCUT2D eigenvalue weighted by Gasteiger charge is -2.19. The number of aryl methyl sites for hydroxylation is 1. The zero-order chi connectivity index (χ0) is 16.4. The standard InChI is InChI=1S/C19H18BrNO2/c1-12-15-7-2-3-8-16(15)18(19(23)21-12)17(22)10-9-13-5-4-6-14(20)11-13/h4-6,9-11H,2-3,7-8H2,1H3,(H,21,23). The van der Waals surface area contributed by atoms with Gasteiger partial charge in [0, 0.05) is 10.2 Å². The van der Waals surface area contributed by atoms with Gasteiger partial charge < -0.3 is 4.98 Å². The maximum Gasteiger partial charge on any atom is 0.259 e. The number of ketones is 1. The summed E-state index contributed by atoms with van der Waals surface area (Å²) < 4.78 is 0.956. The number of carbonyl (C=O) groups excluding carboxylic acids is 1. The lowest BCUT2D eigenvalue weighted by molar-refractivity contribution is 0.104. The Balaban J connectivity index is 1.98. The van der Waals surface area contributed by atoms with Crippen LogP contribution in [0.25, 0.3) is 6.08 Å². The average molecular weight is 372 g/mol. The Labute approximate surface area is 143 Å².